The fourth-order valence-electron chi connectivity index (χ4n) is 4.21. The molecule has 4 nitrogen and oxygen atoms in total. The first-order chi connectivity index (χ1) is 14.0. The molecule has 0 saturated carbocycles. The van der Waals surface area contributed by atoms with Crippen LogP contribution in [-0.2, 0) is 0 Å². The normalized spacial score (nSPS) is 13.2. The summed E-state index contributed by atoms with van der Waals surface area (Å²) in [5, 5.41) is 5.81. The fourth-order valence-corrected chi connectivity index (χ4v) is 5.35. The average molecular weight is 394 g/mol. The number of rotatable bonds is 2. The van der Waals surface area contributed by atoms with Crippen LogP contribution in [0.15, 0.2) is 64.3 Å². The number of pyridine rings is 2. The molecular formula is C24H19N3OSi. The number of furan rings is 1. The van der Waals surface area contributed by atoms with E-state index < -0.39 is 8.07 Å². The summed E-state index contributed by atoms with van der Waals surface area (Å²) >= 11 is 0. The molecule has 0 amide bonds. The molecule has 0 fully saturated rings. The van der Waals surface area contributed by atoms with Crippen LogP contribution in [-0.4, -0.2) is 24.3 Å². The third-order valence-corrected chi connectivity index (χ3v) is 7.79. The predicted octanol–water partition coefficient (Wildman–Crippen LogP) is 5.81. The van der Waals surface area contributed by atoms with E-state index in [2.05, 4.69) is 71.0 Å². The maximum absolute atomic E-state index is 6.48. The molecule has 5 aromatic rings. The highest BCUT2D eigenvalue weighted by molar-refractivity contribution is 6.88. The summed E-state index contributed by atoms with van der Waals surface area (Å²) in [5.41, 5.74) is 4.77. The van der Waals surface area contributed by atoms with E-state index in [1.165, 1.54) is 5.19 Å². The molecule has 0 spiro atoms. The van der Waals surface area contributed by atoms with Crippen LogP contribution in [0.5, 0.6) is 0 Å². The van der Waals surface area contributed by atoms with Crippen molar-refractivity contribution in [2.75, 3.05) is 0 Å². The van der Waals surface area contributed by atoms with Gasteiger partial charge in [0.25, 0.3) is 0 Å². The number of nitrogens with zero attached hydrogens (tertiary/aromatic N) is 3. The van der Waals surface area contributed by atoms with Crippen molar-refractivity contribution >= 4 is 58.0 Å². The van der Waals surface area contributed by atoms with Gasteiger partial charge in [0, 0.05) is 45.9 Å². The molecule has 0 aliphatic carbocycles. The first kappa shape index (κ1) is 16.6. The molecule has 2 aromatic carbocycles. The van der Waals surface area contributed by atoms with Crippen LogP contribution in [0.2, 0.25) is 19.6 Å². The lowest BCUT2D eigenvalue weighted by molar-refractivity contribution is 0.670. The fraction of sp³-hybridized carbons (Fsp3) is 0.125. The zero-order valence-electron chi connectivity index (χ0n) is 16.5. The lowest BCUT2D eigenvalue weighted by atomic mass is 10.0. The largest absolute Gasteiger partial charge is 0.455 e. The van der Waals surface area contributed by atoms with Crippen LogP contribution >= 0.6 is 0 Å². The van der Waals surface area contributed by atoms with E-state index in [1.54, 1.807) is 0 Å². The van der Waals surface area contributed by atoms with Crippen molar-refractivity contribution in [1.29, 1.82) is 0 Å². The summed E-state index contributed by atoms with van der Waals surface area (Å²) in [6, 6.07) is 14.9. The van der Waals surface area contributed by atoms with Gasteiger partial charge in [0.05, 0.1) is 13.8 Å². The van der Waals surface area contributed by atoms with Gasteiger partial charge in [-0.05, 0) is 35.7 Å². The topological polar surface area (TPSA) is 51.3 Å². The Labute approximate surface area is 168 Å². The molecule has 1 aliphatic heterocycles. The molecule has 29 heavy (non-hydrogen) atoms. The van der Waals surface area contributed by atoms with Gasteiger partial charge in [-0.15, -0.1) is 0 Å². The molecule has 3 aromatic heterocycles. The maximum Gasteiger partial charge on any atom is 0.160 e. The first-order valence-corrected chi connectivity index (χ1v) is 13.3. The summed E-state index contributed by atoms with van der Waals surface area (Å²) in [7, 11) is -1.43. The van der Waals surface area contributed by atoms with Gasteiger partial charge in [-0.25, -0.2) is 9.98 Å². The Kier molecular flexibility index (Phi) is 3.22. The van der Waals surface area contributed by atoms with Gasteiger partial charge in [0.1, 0.15) is 11.2 Å². The predicted molar refractivity (Wildman–Crippen MR) is 122 cm³/mol. The number of benzene rings is 2. The molecule has 140 valence electrons. The Balaban J connectivity index is 1.69. The standard InChI is InChI=1S/C24H19N3OSi/c1-29(2,3)15-8-10-25-20(12-15)17-6-4-5-16-18-11-14-7-9-26-24-21(14)19(13-27-24)23(18)28-22(16)17/h4-13H,1-3H3. The van der Waals surface area contributed by atoms with E-state index in [4.69, 9.17) is 4.42 Å². The summed E-state index contributed by atoms with van der Waals surface area (Å²) < 4.78 is 6.48. The Bertz CT molecular complexity index is 1490. The molecule has 0 saturated heterocycles. The monoisotopic (exact) mass is 393 g/mol. The molecule has 4 heterocycles. The Hall–Kier alpha value is -3.31. The number of fused-ring (bicyclic) bond motifs is 4. The molecular weight excluding hydrogens is 374 g/mol. The molecule has 0 bridgehead atoms. The van der Waals surface area contributed by atoms with Crippen molar-refractivity contribution in [3.63, 3.8) is 0 Å². The highest BCUT2D eigenvalue weighted by Crippen LogP contribution is 2.42. The van der Waals surface area contributed by atoms with Crippen molar-refractivity contribution in [3.8, 4) is 11.3 Å². The molecule has 0 radical (unpaired) electrons. The Morgan fingerprint density at radius 2 is 1.72 bits per heavy atom. The van der Waals surface area contributed by atoms with Gasteiger partial charge >= 0.3 is 0 Å². The van der Waals surface area contributed by atoms with Crippen LogP contribution in [0, 0.1) is 0 Å². The Morgan fingerprint density at radius 1 is 0.862 bits per heavy atom. The van der Waals surface area contributed by atoms with Crippen molar-refractivity contribution in [2.45, 2.75) is 19.6 Å². The lowest BCUT2D eigenvalue weighted by Gasteiger charge is -2.17. The van der Waals surface area contributed by atoms with Crippen LogP contribution in [0.3, 0.4) is 0 Å². The van der Waals surface area contributed by atoms with E-state index in [9.17, 15) is 0 Å². The smallest absolute Gasteiger partial charge is 0.160 e. The van der Waals surface area contributed by atoms with E-state index in [0.717, 1.165) is 55.3 Å². The molecule has 1 aliphatic rings. The van der Waals surface area contributed by atoms with Gasteiger partial charge in [0.15, 0.2) is 5.82 Å². The van der Waals surface area contributed by atoms with Gasteiger partial charge in [0.2, 0.25) is 0 Å². The molecule has 0 atom stereocenters. The number of hydrogen-bond donors (Lipinski definition) is 0. The van der Waals surface area contributed by atoms with E-state index in [-0.39, 0.29) is 0 Å². The quantitative estimate of drug-likeness (QED) is 0.349. The average Bonchev–Trinajstić information content (AvgIpc) is 3.31. The van der Waals surface area contributed by atoms with Crippen LogP contribution < -0.4 is 5.19 Å². The minimum Gasteiger partial charge on any atom is -0.455 e. The highest BCUT2D eigenvalue weighted by Gasteiger charge is 2.22. The molecule has 6 rings (SSSR count). The van der Waals surface area contributed by atoms with Gasteiger partial charge in [-0.2, -0.15) is 0 Å². The van der Waals surface area contributed by atoms with Gasteiger partial charge in [-0.1, -0.05) is 37.0 Å². The third kappa shape index (κ3) is 2.34. The number of aliphatic imine (C=N–C) groups is 1. The van der Waals surface area contributed by atoms with Crippen molar-refractivity contribution < 1.29 is 4.42 Å². The zero-order valence-corrected chi connectivity index (χ0v) is 17.5. The van der Waals surface area contributed by atoms with E-state index in [0.29, 0.717) is 0 Å². The molecule has 5 heteroatoms. The summed E-state index contributed by atoms with van der Waals surface area (Å²) in [5.74, 6) is 0.768. The number of aromatic nitrogens is 2. The Morgan fingerprint density at radius 3 is 2.59 bits per heavy atom. The number of para-hydroxylation sites is 1. The van der Waals surface area contributed by atoms with Crippen LogP contribution in [0.25, 0.3) is 44.0 Å². The van der Waals surface area contributed by atoms with Crippen molar-refractivity contribution in [3.05, 3.63) is 60.4 Å². The number of hydrogen-bond acceptors (Lipinski definition) is 4. The summed E-state index contributed by atoms with van der Waals surface area (Å²) in [4.78, 5) is 13.5. The first-order valence-electron chi connectivity index (χ1n) is 9.79. The second-order valence-corrected chi connectivity index (χ2v) is 13.7. The minimum atomic E-state index is -1.43. The minimum absolute atomic E-state index is 0.768. The van der Waals surface area contributed by atoms with Crippen molar-refractivity contribution in [1.82, 2.24) is 9.97 Å². The van der Waals surface area contributed by atoms with Gasteiger partial charge < -0.3 is 4.42 Å². The van der Waals surface area contributed by atoms with Crippen molar-refractivity contribution in [2.24, 2.45) is 4.99 Å². The lowest BCUT2D eigenvalue weighted by Crippen LogP contribution is -2.37. The highest BCUT2D eigenvalue weighted by atomic mass is 28.3. The molecule has 0 unspecified atom stereocenters. The van der Waals surface area contributed by atoms with Gasteiger partial charge in [-0.3, -0.25) is 4.98 Å². The zero-order chi connectivity index (χ0) is 19.8. The van der Waals surface area contributed by atoms with E-state index >= 15 is 0 Å². The second kappa shape index (κ2) is 5.61. The van der Waals surface area contributed by atoms with Crippen LogP contribution in [0.1, 0.15) is 5.56 Å². The maximum atomic E-state index is 6.48. The molecule has 0 N–H and O–H groups in total. The van der Waals surface area contributed by atoms with E-state index in [1.807, 2.05) is 24.7 Å². The second-order valence-electron chi connectivity index (χ2n) is 8.62. The third-order valence-electron chi connectivity index (χ3n) is 5.75. The van der Waals surface area contributed by atoms with Crippen LogP contribution in [0.4, 0.5) is 5.82 Å². The summed E-state index contributed by atoms with van der Waals surface area (Å²) in [6.07, 6.45) is 5.61. The summed E-state index contributed by atoms with van der Waals surface area (Å²) in [6.45, 7) is 7.06. The SMILES string of the molecule is C[Si](C)(C)c1ccnc(-c2cccc3c2oc2c4c5c(nccc5cc23)N=C4)c1.